The molecule has 0 aromatic heterocycles. The van der Waals surface area contributed by atoms with Crippen molar-refractivity contribution in [3.63, 3.8) is 0 Å². The van der Waals surface area contributed by atoms with Gasteiger partial charge < -0.3 is 15.4 Å². The molecule has 2 aliphatic heterocycles. The maximum Gasteiger partial charge on any atom is 0.326 e. The molecule has 0 spiro atoms. The van der Waals surface area contributed by atoms with Gasteiger partial charge in [-0.1, -0.05) is 0 Å². The van der Waals surface area contributed by atoms with Gasteiger partial charge in [0, 0.05) is 19.0 Å². The number of piperidine rings is 2. The smallest absolute Gasteiger partial charge is 0.326 e. The number of nitrogens with zero attached hydrogens (tertiary/aromatic N) is 1. The van der Waals surface area contributed by atoms with E-state index in [9.17, 15) is 4.79 Å². The van der Waals surface area contributed by atoms with Gasteiger partial charge in [0.2, 0.25) is 0 Å². The zero-order valence-electron chi connectivity index (χ0n) is 8.66. The highest BCUT2D eigenvalue weighted by molar-refractivity contribution is 5.81. The summed E-state index contributed by atoms with van der Waals surface area (Å²) in [5, 5.41) is 0. The second-order valence-electron chi connectivity index (χ2n) is 4.42. The molecular formula is C10H18N2O2. The number of nitrogens with two attached hydrogens (primary N) is 1. The number of carbonyl (C=O) groups excluding carboxylic acids is 1. The predicted octanol–water partition coefficient (Wildman–Crippen LogP) is -0.0274. The van der Waals surface area contributed by atoms with Crippen molar-refractivity contribution in [3.8, 4) is 0 Å². The third-order valence-corrected chi connectivity index (χ3v) is 3.64. The van der Waals surface area contributed by atoms with Gasteiger partial charge >= 0.3 is 5.97 Å². The van der Waals surface area contributed by atoms with Crippen LogP contribution in [0.3, 0.4) is 0 Å². The number of hydrogen-bond donors (Lipinski definition) is 1. The minimum absolute atomic E-state index is 0.232. The van der Waals surface area contributed by atoms with Crippen molar-refractivity contribution in [2.24, 2.45) is 11.7 Å². The summed E-state index contributed by atoms with van der Waals surface area (Å²) in [5.74, 6) is 0.0569. The lowest BCUT2D eigenvalue weighted by molar-refractivity contribution is -0.153. The molecule has 0 aliphatic carbocycles. The molecule has 2 aliphatic rings. The van der Waals surface area contributed by atoms with Crippen molar-refractivity contribution in [1.82, 2.24) is 4.90 Å². The van der Waals surface area contributed by atoms with Gasteiger partial charge in [-0.25, -0.2) is 0 Å². The maximum atomic E-state index is 11.6. The summed E-state index contributed by atoms with van der Waals surface area (Å²) in [6.45, 7) is 3.06. The monoisotopic (exact) mass is 198 g/mol. The van der Waals surface area contributed by atoms with Crippen molar-refractivity contribution in [2.75, 3.05) is 26.7 Å². The number of esters is 1. The van der Waals surface area contributed by atoms with Gasteiger partial charge in [0.1, 0.15) is 5.54 Å². The van der Waals surface area contributed by atoms with E-state index in [1.54, 1.807) is 0 Å². The van der Waals surface area contributed by atoms with E-state index in [0.717, 1.165) is 38.9 Å². The molecule has 0 amide bonds. The van der Waals surface area contributed by atoms with Crippen molar-refractivity contribution in [2.45, 2.75) is 24.8 Å². The molecule has 4 nitrogen and oxygen atoms in total. The number of hydrogen-bond acceptors (Lipinski definition) is 4. The van der Waals surface area contributed by atoms with Gasteiger partial charge in [-0.05, 0) is 25.8 Å². The molecule has 0 aromatic rings. The predicted molar refractivity (Wildman–Crippen MR) is 52.7 cm³/mol. The highest BCUT2D eigenvalue weighted by Gasteiger charge is 2.47. The van der Waals surface area contributed by atoms with E-state index in [4.69, 9.17) is 10.5 Å². The summed E-state index contributed by atoms with van der Waals surface area (Å²) < 4.78 is 4.80. The van der Waals surface area contributed by atoms with Gasteiger partial charge in [-0.15, -0.1) is 0 Å². The molecule has 3 atom stereocenters. The number of methoxy groups -OCH3 is 1. The average Bonchev–Trinajstić information content (AvgIpc) is 2.24. The number of fused-ring (bicyclic) bond motifs is 2. The Hall–Kier alpha value is -0.610. The third-order valence-electron chi connectivity index (χ3n) is 3.64. The normalized spacial score (nSPS) is 41.9. The first kappa shape index (κ1) is 9.93. The Labute approximate surface area is 84.4 Å². The molecule has 0 saturated carbocycles. The van der Waals surface area contributed by atoms with E-state index in [-0.39, 0.29) is 11.9 Å². The molecule has 2 bridgehead atoms. The number of carbonyl (C=O) groups is 1. The van der Waals surface area contributed by atoms with Gasteiger partial charge in [0.25, 0.3) is 0 Å². The summed E-state index contributed by atoms with van der Waals surface area (Å²) in [7, 11) is 1.42. The lowest BCUT2D eigenvalue weighted by Gasteiger charge is -2.46. The molecular weight excluding hydrogens is 180 g/mol. The molecule has 0 aromatic carbocycles. The first-order chi connectivity index (χ1) is 6.66. The van der Waals surface area contributed by atoms with Gasteiger partial charge in [0.15, 0.2) is 0 Å². The molecule has 2 rings (SSSR count). The molecule has 14 heavy (non-hydrogen) atoms. The first-order valence-corrected chi connectivity index (χ1v) is 5.26. The van der Waals surface area contributed by atoms with E-state index in [2.05, 4.69) is 4.90 Å². The second kappa shape index (κ2) is 3.51. The van der Waals surface area contributed by atoms with Crippen LogP contribution in [-0.4, -0.2) is 43.2 Å². The van der Waals surface area contributed by atoms with Crippen LogP contribution in [-0.2, 0) is 9.53 Å². The van der Waals surface area contributed by atoms with Crippen LogP contribution in [0.2, 0.25) is 0 Å². The fraction of sp³-hybridized carbons (Fsp3) is 0.900. The summed E-state index contributed by atoms with van der Waals surface area (Å²) in [5.41, 5.74) is 5.45. The first-order valence-electron chi connectivity index (χ1n) is 5.26. The van der Waals surface area contributed by atoms with E-state index >= 15 is 0 Å². The Morgan fingerprint density at radius 3 is 3.07 bits per heavy atom. The largest absolute Gasteiger partial charge is 0.468 e. The summed E-state index contributed by atoms with van der Waals surface area (Å²) >= 11 is 0. The Bertz CT molecular complexity index is 244. The zero-order valence-corrected chi connectivity index (χ0v) is 8.66. The lowest BCUT2D eigenvalue weighted by atomic mass is 9.74. The van der Waals surface area contributed by atoms with E-state index in [1.807, 2.05) is 0 Å². The standard InChI is InChI=1S/C10H18N2O2/c1-14-9(13)10(11)4-6-12-5-2-3-8(10)7-12/h8H,2-7,11H2,1H3. The summed E-state index contributed by atoms with van der Waals surface area (Å²) in [6.07, 6.45) is 2.95. The fourth-order valence-corrected chi connectivity index (χ4v) is 2.69. The van der Waals surface area contributed by atoms with E-state index < -0.39 is 5.54 Å². The average molecular weight is 198 g/mol. The summed E-state index contributed by atoms with van der Waals surface area (Å²) in [6, 6.07) is 0. The Balaban J connectivity index is 2.15. The van der Waals surface area contributed by atoms with Crippen LogP contribution in [0.4, 0.5) is 0 Å². The highest BCUT2D eigenvalue weighted by atomic mass is 16.5. The van der Waals surface area contributed by atoms with Gasteiger partial charge in [-0.2, -0.15) is 0 Å². The third kappa shape index (κ3) is 1.42. The zero-order chi connectivity index (χ0) is 10.2. The molecule has 2 N–H and O–H groups in total. The summed E-state index contributed by atoms with van der Waals surface area (Å²) in [4.78, 5) is 14.0. The lowest BCUT2D eigenvalue weighted by Crippen LogP contribution is -2.63. The van der Waals surface area contributed by atoms with Crippen LogP contribution >= 0.6 is 0 Å². The van der Waals surface area contributed by atoms with E-state index in [0.29, 0.717) is 0 Å². The molecule has 3 unspecified atom stereocenters. The quantitative estimate of drug-likeness (QED) is 0.601. The SMILES string of the molecule is COC(=O)C1(N)CCN2CCCC1C2. The van der Waals surface area contributed by atoms with Crippen molar-refractivity contribution in [1.29, 1.82) is 0 Å². The molecule has 2 saturated heterocycles. The maximum absolute atomic E-state index is 11.6. The molecule has 4 heteroatoms. The van der Waals surface area contributed by atoms with Gasteiger partial charge in [0.05, 0.1) is 7.11 Å². The minimum atomic E-state index is -0.717. The second-order valence-corrected chi connectivity index (χ2v) is 4.42. The Morgan fingerprint density at radius 1 is 1.57 bits per heavy atom. The van der Waals surface area contributed by atoms with Crippen molar-refractivity contribution in [3.05, 3.63) is 0 Å². The number of ether oxygens (including phenoxy) is 1. The van der Waals surface area contributed by atoms with Crippen LogP contribution in [0.1, 0.15) is 19.3 Å². The topological polar surface area (TPSA) is 55.6 Å². The Morgan fingerprint density at radius 2 is 2.36 bits per heavy atom. The van der Waals surface area contributed by atoms with E-state index in [1.165, 1.54) is 7.11 Å². The number of rotatable bonds is 1. The molecule has 2 fully saturated rings. The molecule has 2 heterocycles. The fourth-order valence-electron chi connectivity index (χ4n) is 2.69. The molecule has 0 radical (unpaired) electrons. The van der Waals surface area contributed by atoms with Crippen LogP contribution in [0.5, 0.6) is 0 Å². The van der Waals surface area contributed by atoms with Crippen LogP contribution in [0.15, 0.2) is 0 Å². The van der Waals surface area contributed by atoms with Crippen LogP contribution in [0, 0.1) is 5.92 Å². The Kier molecular flexibility index (Phi) is 2.49. The van der Waals surface area contributed by atoms with Crippen molar-refractivity contribution < 1.29 is 9.53 Å². The van der Waals surface area contributed by atoms with Crippen LogP contribution < -0.4 is 5.73 Å². The van der Waals surface area contributed by atoms with Gasteiger partial charge in [-0.3, -0.25) is 4.79 Å². The van der Waals surface area contributed by atoms with Crippen molar-refractivity contribution >= 4 is 5.97 Å². The highest BCUT2D eigenvalue weighted by Crippen LogP contribution is 2.33. The molecule has 80 valence electrons. The minimum Gasteiger partial charge on any atom is -0.468 e. The van der Waals surface area contributed by atoms with Crippen LogP contribution in [0.25, 0.3) is 0 Å².